The lowest BCUT2D eigenvalue weighted by molar-refractivity contribution is 0.0740. The molecule has 3 heterocycles. The van der Waals surface area contributed by atoms with Crippen molar-refractivity contribution in [2.75, 3.05) is 27.3 Å². The Hall–Kier alpha value is -1.92. The van der Waals surface area contributed by atoms with Gasteiger partial charge in [-0.25, -0.2) is 0 Å². The SMILES string of the molecule is COc1c(C)cnc(CN(C)C[C@@H]2CCO[C@H]2c2ccnn2C)c1C. The van der Waals surface area contributed by atoms with Crippen LogP contribution in [0.5, 0.6) is 5.75 Å². The van der Waals surface area contributed by atoms with E-state index in [0.29, 0.717) is 5.92 Å². The monoisotopic (exact) mass is 344 g/mol. The fourth-order valence-corrected chi connectivity index (χ4v) is 3.76. The lowest BCUT2D eigenvalue weighted by atomic mass is 9.98. The molecule has 0 aliphatic carbocycles. The number of rotatable bonds is 6. The fourth-order valence-electron chi connectivity index (χ4n) is 3.76. The zero-order chi connectivity index (χ0) is 18.0. The van der Waals surface area contributed by atoms with Crippen molar-refractivity contribution in [3.63, 3.8) is 0 Å². The zero-order valence-corrected chi connectivity index (χ0v) is 15.8. The minimum absolute atomic E-state index is 0.122. The van der Waals surface area contributed by atoms with Crippen molar-refractivity contribution in [1.29, 1.82) is 0 Å². The van der Waals surface area contributed by atoms with E-state index in [2.05, 4.69) is 35.0 Å². The summed E-state index contributed by atoms with van der Waals surface area (Å²) in [5.74, 6) is 1.41. The van der Waals surface area contributed by atoms with Crippen molar-refractivity contribution in [2.45, 2.75) is 32.9 Å². The number of ether oxygens (including phenoxy) is 2. The van der Waals surface area contributed by atoms with Crippen LogP contribution >= 0.6 is 0 Å². The van der Waals surface area contributed by atoms with E-state index >= 15 is 0 Å². The molecule has 0 N–H and O–H groups in total. The predicted octanol–water partition coefficient (Wildman–Crippen LogP) is 2.65. The summed E-state index contributed by atoms with van der Waals surface area (Å²) in [6, 6.07) is 2.06. The van der Waals surface area contributed by atoms with Gasteiger partial charge in [0.15, 0.2) is 0 Å². The Bertz CT molecular complexity index is 728. The lowest BCUT2D eigenvalue weighted by Crippen LogP contribution is -2.28. The van der Waals surface area contributed by atoms with Gasteiger partial charge >= 0.3 is 0 Å². The second kappa shape index (κ2) is 7.54. The number of pyridine rings is 1. The maximum absolute atomic E-state index is 5.99. The number of nitrogens with zero attached hydrogens (tertiary/aromatic N) is 4. The lowest BCUT2D eigenvalue weighted by Gasteiger charge is -2.25. The van der Waals surface area contributed by atoms with E-state index in [1.807, 2.05) is 31.0 Å². The Morgan fingerprint density at radius 1 is 1.40 bits per heavy atom. The molecular formula is C19H28N4O2. The third-order valence-electron chi connectivity index (χ3n) is 5.08. The highest BCUT2D eigenvalue weighted by Crippen LogP contribution is 2.35. The molecule has 1 fully saturated rings. The van der Waals surface area contributed by atoms with Gasteiger partial charge in [-0.05, 0) is 33.4 Å². The molecule has 6 heteroatoms. The van der Waals surface area contributed by atoms with Crippen LogP contribution in [-0.2, 0) is 18.3 Å². The third kappa shape index (κ3) is 3.70. The first-order chi connectivity index (χ1) is 12.0. The molecule has 0 bridgehead atoms. The zero-order valence-electron chi connectivity index (χ0n) is 15.8. The predicted molar refractivity (Wildman–Crippen MR) is 96.6 cm³/mol. The number of methoxy groups -OCH3 is 1. The summed E-state index contributed by atoms with van der Waals surface area (Å²) < 4.78 is 13.4. The summed E-state index contributed by atoms with van der Waals surface area (Å²) in [4.78, 5) is 6.94. The topological polar surface area (TPSA) is 52.4 Å². The molecule has 2 aromatic heterocycles. The van der Waals surface area contributed by atoms with E-state index < -0.39 is 0 Å². The van der Waals surface area contributed by atoms with Crippen molar-refractivity contribution in [2.24, 2.45) is 13.0 Å². The van der Waals surface area contributed by atoms with Crippen LogP contribution in [0.4, 0.5) is 0 Å². The van der Waals surface area contributed by atoms with Crippen molar-refractivity contribution < 1.29 is 9.47 Å². The maximum Gasteiger partial charge on any atom is 0.128 e. The number of aryl methyl sites for hydroxylation is 2. The van der Waals surface area contributed by atoms with Gasteiger partial charge in [-0.15, -0.1) is 0 Å². The van der Waals surface area contributed by atoms with E-state index in [1.54, 1.807) is 7.11 Å². The van der Waals surface area contributed by atoms with Crippen LogP contribution in [0.25, 0.3) is 0 Å². The summed E-state index contributed by atoms with van der Waals surface area (Å²) in [6.45, 7) is 6.69. The highest BCUT2D eigenvalue weighted by Gasteiger charge is 2.32. The fraction of sp³-hybridized carbons (Fsp3) is 0.579. The Balaban J connectivity index is 1.68. The van der Waals surface area contributed by atoms with Crippen LogP contribution < -0.4 is 4.74 Å². The van der Waals surface area contributed by atoms with Gasteiger partial charge in [0.2, 0.25) is 0 Å². The van der Waals surface area contributed by atoms with Crippen molar-refractivity contribution in [1.82, 2.24) is 19.7 Å². The molecule has 2 aromatic rings. The Kier molecular flexibility index (Phi) is 5.39. The second-order valence-electron chi connectivity index (χ2n) is 6.96. The normalized spacial score (nSPS) is 20.4. The van der Waals surface area contributed by atoms with E-state index in [-0.39, 0.29) is 6.10 Å². The molecule has 136 valence electrons. The number of hydrogen-bond acceptors (Lipinski definition) is 5. The largest absolute Gasteiger partial charge is 0.496 e. The average Bonchev–Trinajstić information content (AvgIpc) is 3.19. The summed E-state index contributed by atoms with van der Waals surface area (Å²) >= 11 is 0. The molecule has 0 radical (unpaired) electrons. The molecule has 0 aromatic carbocycles. The first kappa shape index (κ1) is 17.9. The molecule has 1 saturated heterocycles. The average molecular weight is 344 g/mol. The van der Waals surface area contributed by atoms with E-state index in [9.17, 15) is 0 Å². The van der Waals surface area contributed by atoms with Crippen LogP contribution in [-0.4, -0.2) is 47.0 Å². The van der Waals surface area contributed by atoms with Crippen molar-refractivity contribution >= 4 is 0 Å². The standard InChI is InChI=1S/C19H28N4O2/c1-13-10-20-16(14(2)18(13)24-5)12-22(3)11-15-7-9-25-19(15)17-6-8-21-23(17)4/h6,8,10,15,19H,7,9,11-12H2,1-5H3/t15-,19+/m0/s1. The molecule has 3 rings (SSSR count). The van der Waals surface area contributed by atoms with Crippen LogP contribution in [0.3, 0.4) is 0 Å². The first-order valence-electron chi connectivity index (χ1n) is 8.78. The molecule has 2 atom stereocenters. The van der Waals surface area contributed by atoms with Crippen molar-refractivity contribution in [3.05, 3.63) is 41.0 Å². The maximum atomic E-state index is 5.99. The minimum atomic E-state index is 0.122. The number of aromatic nitrogens is 3. The van der Waals surface area contributed by atoms with Gasteiger partial charge < -0.3 is 14.4 Å². The Morgan fingerprint density at radius 3 is 2.88 bits per heavy atom. The molecular weight excluding hydrogens is 316 g/mol. The molecule has 0 amide bonds. The quantitative estimate of drug-likeness (QED) is 0.806. The Labute approximate surface area is 149 Å². The highest BCUT2D eigenvalue weighted by molar-refractivity contribution is 5.41. The molecule has 1 aliphatic heterocycles. The summed E-state index contributed by atoms with van der Waals surface area (Å²) in [5.41, 5.74) is 4.43. The van der Waals surface area contributed by atoms with Gasteiger partial charge in [0, 0.05) is 56.2 Å². The van der Waals surface area contributed by atoms with Gasteiger partial charge in [-0.3, -0.25) is 9.67 Å². The highest BCUT2D eigenvalue weighted by atomic mass is 16.5. The summed E-state index contributed by atoms with van der Waals surface area (Å²) in [6.07, 6.45) is 4.93. The molecule has 6 nitrogen and oxygen atoms in total. The van der Waals surface area contributed by atoms with Crippen molar-refractivity contribution in [3.8, 4) is 5.75 Å². The van der Waals surface area contributed by atoms with Gasteiger partial charge in [0.1, 0.15) is 11.9 Å². The molecule has 0 unspecified atom stereocenters. The van der Waals surface area contributed by atoms with Crippen LogP contribution in [0.1, 0.15) is 35.0 Å². The number of hydrogen-bond donors (Lipinski definition) is 0. The molecule has 0 saturated carbocycles. The van der Waals surface area contributed by atoms with Crippen LogP contribution in [0, 0.1) is 19.8 Å². The summed E-state index contributed by atoms with van der Waals surface area (Å²) in [5, 5.41) is 4.28. The minimum Gasteiger partial charge on any atom is -0.496 e. The van der Waals surface area contributed by atoms with Gasteiger partial charge in [-0.2, -0.15) is 5.10 Å². The third-order valence-corrected chi connectivity index (χ3v) is 5.08. The molecule has 1 aliphatic rings. The van der Waals surface area contributed by atoms with E-state index in [4.69, 9.17) is 9.47 Å². The second-order valence-corrected chi connectivity index (χ2v) is 6.96. The van der Waals surface area contributed by atoms with Gasteiger partial charge in [0.05, 0.1) is 18.5 Å². The van der Waals surface area contributed by atoms with Crippen LogP contribution in [0.15, 0.2) is 18.5 Å². The molecule has 0 spiro atoms. The summed E-state index contributed by atoms with van der Waals surface area (Å²) in [7, 11) is 5.84. The van der Waals surface area contributed by atoms with Crippen LogP contribution in [0.2, 0.25) is 0 Å². The van der Waals surface area contributed by atoms with E-state index in [0.717, 1.165) is 54.4 Å². The first-order valence-corrected chi connectivity index (χ1v) is 8.78. The van der Waals surface area contributed by atoms with Gasteiger partial charge in [-0.1, -0.05) is 0 Å². The Morgan fingerprint density at radius 2 is 2.20 bits per heavy atom. The smallest absolute Gasteiger partial charge is 0.128 e. The van der Waals surface area contributed by atoms with E-state index in [1.165, 1.54) is 0 Å². The van der Waals surface area contributed by atoms with Gasteiger partial charge in [0.25, 0.3) is 0 Å². The molecule has 25 heavy (non-hydrogen) atoms.